The molecular formula is C17H22N2O2. The Bertz CT molecular complexity index is 568. The highest BCUT2D eigenvalue weighted by Crippen LogP contribution is 2.28. The van der Waals surface area contributed by atoms with E-state index in [2.05, 4.69) is 17.4 Å². The molecule has 1 aliphatic carbocycles. The lowest BCUT2D eigenvalue weighted by Gasteiger charge is -2.24. The number of hydrogen-bond donors (Lipinski definition) is 1. The van der Waals surface area contributed by atoms with Gasteiger partial charge >= 0.3 is 0 Å². The number of nitrogens with one attached hydrogen (secondary N) is 1. The van der Waals surface area contributed by atoms with Crippen LogP contribution >= 0.6 is 0 Å². The first-order valence-corrected chi connectivity index (χ1v) is 7.91. The van der Waals surface area contributed by atoms with Gasteiger partial charge in [-0.25, -0.2) is 0 Å². The highest BCUT2D eigenvalue weighted by Gasteiger charge is 2.30. The number of carbonyl (C=O) groups excluding carboxylic acids is 2. The van der Waals surface area contributed by atoms with Gasteiger partial charge in [-0.3, -0.25) is 9.59 Å². The van der Waals surface area contributed by atoms with Crippen molar-refractivity contribution < 1.29 is 9.59 Å². The van der Waals surface area contributed by atoms with E-state index >= 15 is 0 Å². The third-order valence-corrected chi connectivity index (χ3v) is 4.43. The van der Waals surface area contributed by atoms with Crippen LogP contribution in [0.3, 0.4) is 0 Å². The number of carbonyl (C=O) groups is 2. The number of nitrogens with zero attached hydrogens (tertiary/aromatic N) is 1. The summed E-state index contributed by atoms with van der Waals surface area (Å²) in [5.41, 5.74) is 3.70. The van der Waals surface area contributed by atoms with Crippen molar-refractivity contribution in [3.05, 3.63) is 29.3 Å². The summed E-state index contributed by atoms with van der Waals surface area (Å²) in [6.07, 6.45) is 5.40. The van der Waals surface area contributed by atoms with Crippen LogP contribution in [0.2, 0.25) is 0 Å². The monoisotopic (exact) mass is 286 g/mol. The first-order valence-electron chi connectivity index (χ1n) is 7.91. The Labute approximate surface area is 125 Å². The predicted molar refractivity (Wildman–Crippen MR) is 82.3 cm³/mol. The lowest BCUT2D eigenvalue weighted by Crippen LogP contribution is -2.44. The normalized spacial score (nSPS) is 22.0. The quantitative estimate of drug-likeness (QED) is 0.926. The lowest BCUT2D eigenvalue weighted by atomic mass is 10.1. The highest BCUT2D eigenvalue weighted by molar-refractivity contribution is 6.01. The van der Waals surface area contributed by atoms with Gasteiger partial charge in [0.1, 0.15) is 6.04 Å². The number of anilines is 1. The molecule has 1 unspecified atom stereocenters. The van der Waals surface area contributed by atoms with Crippen LogP contribution < -0.4 is 10.2 Å². The predicted octanol–water partition coefficient (Wildman–Crippen LogP) is 2.20. The van der Waals surface area contributed by atoms with Crippen molar-refractivity contribution in [3.63, 3.8) is 0 Å². The van der Waals surface area contributed by atoms with Gasteiger partial charge in [-0.05, 0) is 48.9 Å². The molecule has 1 atom stereocenters. The lowest BCUT2D eigenvalue weighted by molar-refractivity contribution is -0.125. The third kappa shape index (κ3) is 2.80. The van der Waals surface area contributed by atoms with E-state index in [-0.39, 0.29) is 17.9 Å². The number of benzene rings is 1. The number of fused-ring (bicyclic) bond motifs is 1. The molecule has 3 rings (SSSR count). The molecule has 112 valence electrons. The molecule has 0 bridgehead atoms. The summed E-state index contributed by atoms with van der Waals surface area (Å²) in [6, 6.07) is 5.93. The summed E-state index contributed by atoms with van der Waals surface area (Å²) < 4.78 is 0. The zero-order valence-corrected chi connectivity index (χ0v) is 12.5. The van der Waals surface area contributed by atoms with Crippen LogP contribution in [-0.4, -0.2) is 24.4 Å². The first-order chi connectivity index (χ1) is 10.2. The van der Waals surface area contributed by atoms with E-state index in [9.17, 15) is 9.59 Å². The number of hydrogen-bond acceptors (Lipinski definition) is 2. The van der Waals surface area contributed by atoms with Crippen molar-refractivity contribution in [3.8, 4) is 0 Å². The van der Waals surface area contributed by atoms with Crippen molar-refractivity contribution >= 4 is 17.5 Å². The maximum Gasteiger partial charge on any atom is 0.249 e. The maximum absolute atomic E-state index is 12.7. The fraction of sp³-hybridized carbons (Fsp3) is 0.529. The summed E-state index contributed by atoms with van der Waals surface area (Å²) in [6.45, 7) is 2.51. The minimum atomic E-state index is -0.377. The highest BCUT2D eigenvalue weighted by atomic mass is 16.2. The van der Waals surface area contributed by atoms with Crippen molar-refractivity contribution in [1.82, 2.24) is 5.32 Å². The van der Waals surface area contributed by atoms with E-state index in [1.807, 2.05) is 13.0 Å². The van der Waals surface area contributed by atoms with Crippen LogP contribution in [-0.2, 0) is 22.4 Å². The molecule has 1 saturated heterocycles. The molecule has 2 aliphatic rings. The summed E-state index contributed by atoms with van der Waals surface area (Å²) in [5.74, 6) is 0.00565. The molecule has 1 aromatic rings. The van der Waals surface area contributed by atoms with Crippen molar-refractivity contribution in [2.75, 3.05) is 11.4 Å². The van der Waals surface area contributed by atoms with Gasteiger partial charge in [0.05, 0.1) is 0 Å². The maximum atomic E-state index is 12.7. The third-order valence-electron chi connectivity index (χ3n) is 4.43. The molecule has 4 nitrogen and oxygen atoms in total. The molecule has 21 heavy (non-hydrogen) atoms. The topological polar surface area (TPSA) is 49.4 Å². The second kappa shape index (κ2) is 5.88. The van der Waals surface area contributed by atoms with E-state index < -0.39 is 0 Å². The van der Waals surface area contributed by atoms with Gasteiger partial charge in [0.25, 0.3) is 0 Å². The smallest absolute Gasteiger partial charge is 0.249 e. The summed E-state index contributed by atoms with van der Waals surface area (Å²) >= 11 is 0. The summed E-state index contributed by atoms with van der Waals surface area (Å²) in [5, 5.41) is 2.85. The van der Waals surface area contributed by atoms with Gasteiger partial charge in [0.2, 0.25) is 11.8 Å². The van der Waals surface area contributed by atoms with E-state index in [4.69, 9.17) is 0 Å². The van der Waals surface area contributed by atoms with Gasteiger partial charge in [-0.1, -0.05) is 19.4 Å². The van der Waals surface area contributed by atoms with Gasteiger partial charge in [-0.2, -0.15) is 0 Å². The molecule has 1 aliphatic heterocycles. The molecule has 0 saturated carbocycles. The van der Waals surface area contributed by atoms with Gasteiger partial charge in [-0.15, -0.1) is 0 Å². The molecule has 2 amide bonds. The number of amides is 2. The van der Waals surface area contributed by atoms with Gasteiger partial charge < -0.3 is 10.2 Å². The molecule has 1 fully saturated rings. The Balaban J connectivity index is 1.88. The number of rotatable bonds is 3. The van der Waals surface area contributed by atoms with Crippen LogP contribution in [0.5, 0.6) is 0 Å². The summed E-state index contributed by atoms with van der Waals surface area (Å²) in [7, 11) is 0. The molecule has 0 radical (unpaired) electrons. The van der Waals surface area contributed by atoms with E-state index in [1.54, 1.807) is 4.90 Å². The molecule has 1 aromatic carbocycles. The molecule has 4 heteroatoms. The van der Waals surface area contributed by atoms with Gasteiger partial charge in [0.15, 0.2) is 0 Å². The Kier molecular flexibility index (Phi) is 3.95. The standard InChI is InChI=1S/C17H22N2O2/c1-2-4-15-17(21)19(10-9-16(20)18-15)14-8-7-12-5-3-6-13(12)11-14/h7-8,11,15H,2-6,9-10H2,1H3,(H,18,20). The van der Waals surface area contributed by atoms with Crippen LogP contribution in [0.1, 0.15) is 43.7 Å². The van der Waals surface area contributed by atoms with Gasteiger partial charge in [0, 0.05) is 18.7 Å². The summed E-state index contributed by atoms with van der Waals surface area (Å²) in [4.78, 5) is 26.3. The minimum Gasteiger partial charge on any atom is -0.344 e. The fourth-order valence-electron chi connectivity index (χ4n) is 3.31. The largest absolute Gasteiger partial charge is 0.344 e. The molecule has 1 N–H and O–H groups in total. The Hall–Kier alpha value is -1.84. The molecular weight excluding hydrogens is 264 g/mol. The zero-order chi connectivity index (χ0) is 14.8. The Morgan fingerprint density at radius 3 is 2.81 bits per heavy atom. The van der Waals surface area contributed by atoms with Crippen LogP contribution in [0, 0.1) is 0 Å². The van der Waals surface area contributed by atoms with Crippen LogP contribution in [0.25, 0.3) is 0 Å². The molecule has 0 spiro atoms. The van der Waals surface area contributed by atoms with E-state index in [0.29, 0.717) is 19.4 Å². The number of aryl methyl sites for hydroxylation is 2. The minimum absolute atomic E-state index is 0.0227. The van der Waals surface area contributed by atoms with Crippen molar-refractivity contribution in [1.29, 1.82) is 0 Å². The van der Waals surface area contributed by atoms with E-state index in [1.165, 1.54) is 17.5 Å². The fourth-order valence-corrected chi connectivity index (χ4v) is 3.31. The van der Waals surface area contributed by atoms with Crippen LogP contribution in [0.4, 0.5) is 5.69 Å². The Morgan fingerprint density at radius 2 is 2.00 bits per heavy atom. The molecule has 0 aromatic heterocycles. The molecule has 1 heterocycles. The first kappa shape index (κ1) is 14.1. The Morgan fingerprint density at radius 1 is 1.19 bits per heavy atom. The van der Waals surface area contributed by atoms with Crippen molar-refractivity contribution in [2.24, 2.45) is 0 Å². The van der Waals surface area contributed by atoms with Crippen LogP contribution in [0.15, 0.2) is 18.2 Å². The second-order valence-electron chi connectivity index (χ2n) is 5.96. The zero-order valence-electron chi connectivity index (χ0n) is 12.5. The van der Waals surface area contributed by atoms with E-state index in [0.717, 1.165) is 24.9 Å². The average molecular weight is 286 g/mol. The average Bonchev–Trinajstić information content (AvgIpc) is 2.89. The SMILES string of the molecule is CCCC1NC(=O)CCN(c2ccc3c(c2)CCC3)C1=O. The second-order valence-corrected chi connectivity index (χ2v) is 5.96. The van der Waals surface area contributed by atoms with Crippen molar-refractivity contribution in [2.45, 2.75) is 51.5 Å².